The maximum atomic E-state index is 11.4. The fraction of sp³-hybridized carbons (Fsp3) is 0.0455. The lowest BCUT2D eigenvalue weighted by molar-refractivity contribution is -0.384. The van der Waals surface area contributed by atoms with Gasteiger partial charge >= 0.3 is 0 Å². The molecule has 0 aliphatic heterocycles. The molecule has 1 atom stereocenters. The highest BCUT2D eigenvalue weighted by molar-refractivity contribution is 6.33. The predicted octanol–water partition coefficient (Wildman–Crippen LogP) is 6.57. The van der Waals surface area contributed by atoms with Crippen LogP contribution in [0.3, 0.4) is 0 Å². The van der Waals surface area contributed by atoms with Crippen LogP contribution in [0.5, 0.6) is 0 Å². The Kier molecular flexibility index (Phi) is 6.79. The molecule has 0 heterocycles. The molecule has 1 unspecified atom stereocenters. The average molecular weight is 456 g/mol. The van der Waals surface area contributed by atoms with Gasteiger partial charge in [0.2, 0.25) is 0 Å². The number of benzene rings is 3. The number of aliphatic imine (C=N–C) groups is 1. The van der Waals surface area contributed by atoms with Crippen molar-refractivity contribution in [3.63, 3.8) is 0 Å². The number of nitro groups is 2. The summed E-state index contributed by atoms with van der Waals surface area (Å²) in [6.07, 6.45) is 1.62. The summed E-state index contributed by atoms with van der Waals surface area (Å²) >= 11 is 11.9. The maximum absolute atomic E-state index is 11.4. The van der Waals surface area contributed by atoms with Crippen LogP contribution in [0.1, 0.15) is 22.7 Å². The summed E-state index contributed by atoms with van der Waals surface area (Å²) in [4.78, 5) is 26.3. The molecular weight excluding hydrogens is 441 g/mol. The van der Waals surface area contributed by atoms with Crippen LogP contribution in [0, 0.1) is 20.2 Å². The Morgan fingerprint density at radius 2 is 1.35 bits per heavy atom. The van der Waals surface area contributed by atoms with Crippen LogP contribution in [0.4, 0.5) is 11.4 Å². The third-order valence-corrected chi connectivity index (χ3v) is 5.10. The fourth-order valence-electron chi connectivity index (χ4n) is 2.97. The second-order valence-electron chi connectivity index (χ2n) is 6.42. The molecule has 0 N–H and O–H groups in total. The molecule has 0 bridgehead atoms. The zero-order valence-electron chi connectivity index (χ0n) is 15.9. The molecule has 31 heavy (non-hydrogen) atoms. The van der Waals surface area contributed by atoms with Gasteiger partial charge in [-0.15, -0.1) is 6.58 Å². The van der Waals surface area contributed by atoms with Gasteiger partial charge in [0, 0.05) is 23.3 Å². The minimum absolute atomic E-state index is 0.0292. The van der Waals surface area contributed by atoms with E-state index in [0.29, 0.717) is 16.8 Å². The molecule has 3 aromatic rings. The highest BCUT2D eigenvalue weighted by Gasteiger charge is 2.21. The first-order chi connectivity index (χ1) is 14.8. The van der Waals surface area contributed by atoms with Crippen LogP contribution < -0.4 is 0 Å². The molecule has 0 saturated carbocycles. The Bertz CT molecular complexity index is 1130. The van der Waals surface area contributed by atoms with Gasteiger partial charge in [0.1, 0.15) is 10.0 Å². The molecular formula is C22H15Cl2N3O4. The van der Waals surface area contributed by atoms with E-state index in [1.54, 1.807) is 18.2 Å². The van der Waals surface area contributed by atoms with Gasteiger partial charge in [-0.3, -0.25) is 25.2 Å². The molecule has 0 aliphatic rings. The van der Waals surface area contributed by atoms with Crippen LogP contribution in [0.2, 0.25) is 10.0 Å². The topological polar surface area (TPSA) is 98.6 Å². The summed E-state index contributed by atoms with van der Waals surface area (Å²) in [6.45, 7) is 3.83. The van der Waals surface area contributed by atoms with Gasteiger partial charge in [-0.05, 0) is 17.7 Å². The second kappa shape index (κ2) is 9.51. The van der Waals surface area contributed by atoms with E-state index in [9.17, 15) is 20.2 Å². The number of nitrogens with zero attached hydrogens (tertiary/aromatic N) is 3. The molecule has 0 fully saturated rings. The van der Waals surface area contributed by atoms with Gasteiger partial charge in [0.15, 0.2) is 0 Å². The molecule has 0 amide bonds. The van der Waals surface area contributed by atoms with E-state index in [1.807, 2.05) is 30.3 Å². The van der Waals surface area contributed by atoms with Gasteiger partial charge < -0.3 is 0 Å². The van der Waals surface area contributed by atoms with E-state index in [4.69, 9.17) is 28.2 Å². The normalized spacial score (nSPS) is 11.4. The lowest BCUT2D eigenvalue weighted by Crippen LogP contribution is -2.08. The third kappa shape index (κ3) is 4.96. The molecule has 0 saturated heterocycles. The number of hydrogen-bond acceptors (Lipinski definition) is 5. The summed E-state index contributed by atoms with van der Waals surface area (Å²) in [5.74, 6) is 0. The van der Waals surface area contributed by atoms with Crippen molar-refractivity contribution in [3.8, 4) is 0 Å². The minimum Gasteiger partial charge on any atom is -0.272 e. The van der Waals surface area contributed by atoms with Gasteiger partial charge in [-0.1, -0.05) is 71.7 Å². The largest absolute Gasteiger partial charge is 0.288 e. The first-order valence-electron chi connectivity index (χ1n) is 8.95. The van der Waals surface area contributed by atoms with Crippen molar-refractivity contribution in [3.05, 3.63) is 126 Å². The Balaban J connectivity index is 2.26. The molecule has 0 aromatic heterocycles. The second-order valence-corrected chi connectivity index (χ2v) is 7.23. The summed E-state index contributed by atoms with van der Waals surface area (Å²) in [7, 11) is 0. The Labute approximate surface area is 187 Å². The van der Waals surface area contributed by atoms with Crippen LogP contribution in [-0.4, -0.2) is 15.6 Å². The number of rotatable bonds is 7. The summed E-state index contributed by atoms with van der Waals surface area (Å²) in [5, 5.41) is 22.7. The van der Waals surface area contributed by atoms with Crippen molar-refractivity contribution in [2.45, 2.75) is 6.04 Å². The van der Waals surface area contributed by atoms with E-state index in [1.165, 1.54) is 24.3 Å². The fourth-order valence-corrected chi connectivity index (χ4v) is 3.34. The van der Waals surface area contributed by atoms with Crippen LogP contribution in [0.25, 0.3) is 0 Å². The Hall–Kier alpha value is -3.55. The van der Waals surface area contributed by atoms with Crippen molar-refractivity contribution < 1.29 is 9.85 Å². The van der Waals surface area contributed by atoms with Crippen molar-refractivity contribution in [1.29, 1.82) is 0 Å². The van der Waals surface area contributed by atoms with Crippen molar-refractivity contribution in [1.82, 2.24) is 0 Å². The molecule has 0 radical (unpaired) electrons. The van der Waals surface area contributed by atoms with Crippen LogP contribution in [0.15, 0.2) is 84.4 Å². The highest BCUT2D eigenvalue weighted by atomic mass is 35.5. The molecule has 7 nitrogen and oxygen atoms in total. The Morgan fingerprint density at radius 3 is 1.77 bits per heavy atom. The molecule has 0 aliphatic carbocycles. The quantitative estimate of drug-likeness (QED) is 0.174. The lowest BCUT2D eigenvalue weighted by Gasteiger charge is -2.14. The highest BCUT2D eigenvalue weighted by Crippen LogP contribution is 2.31. The molecule has 156 valence electrons. The van der Waals surface area contributed by atoms with Crippen molar-refractivity contribution in [2.24, 2.45) is 4.99 Å². The van der Waals surface area contributed by atoms with E-state index < -0.39 is 15.9 Å². The zero-order chi connectivity index (χ0) is 22.5. The van der Waals surface area contributed by atoms with Gasteiger partial charge in [0.05, 0.1) is 21.6 Å². The first-order valence-corrected chi connectivity index (χ1v) is 9.71. The summed E-state index contributed by atoms with van der Waals surface area (Å²) in [6, 6.07) is 17.3. The first kappa shape index (κ1) is 22.1. The number of hydrogen-bond donors (Lipinski definition) is 0. The molecule has 3 rings (SSSR count). The average Bonchev–Trinajstić information content (AvgIpc) is 2.76. The van der Waals surface area contributed by atoms with E-state index >= 15 is 0 Å². The number of nitro benzene ring substituents is 2. The zero-order valence-corrected chi connectivity index (χ0v) is 17.5. The van der Waals surface area contributed by atoms with Crippen molar-refractivity contribution in [2.75, 3.05) is 0 Å². The molecule has 9 heteroatoms. The number of halogens is 2. The van der Waals surface area contributed by atoms with Gasteiger partial charge in [0.25, 0.3) is 11.4 Å². The van der Waals surface area contributed by atoms with Crippen LogP contribution >= 0.6 is 23.2 Å². The smallest absolute Gasteiger partial charge is 0.272 e. The lowest BCUT2D eigenvalue weighted by atomic mass is 9.99. The van der Waals surface area contributed by atoms with Gasteiger partial charge in [-0.25, -0.2) is 0 Å². The van der Waals surface area contributed by atoms with E-state index in [0.717, 1.165) is 5.56 Å². The van der Waals surface area contributed by atoms with E-state index in [2.05, 4.69) is 6.58 Å². The molecule has 0 spiro atoms. The SMILES string of the molecule is C=CC(N=C(c1ccc(Cl)c([N+](=O)[O-])c1)c1ccc(Cl)c([N+](=O)[O-])c1)c1ccccc1. The minimum atomic E-state index is -0.601. The standard InChI is InChI=1S/C22H15Cl2N3O4/c1-2-19(14-6-4-3-5-7-14)25-22(15-8-10-17(23)20(12-15)26(28)29)16-9-11-18(24)21(13-16)27(30)31/h2-13,19H,1H2. The van der Waals surface area contributed by atoms with E-state index in [-0.39, 0.29) is 21.4 Å². The summed E-state index contributed by atoms with van der Waals surface area (Å²) < 4.78 is 0. The Morgan fingerprint density at radius 1 is 0.871 bits per heavy atom. The monoisotopic (exact) mass is 455 g/mol. The molecule has 3 aromatic carbocycles. The summed E-state index contributed by atoms with van der Waals surface area (Å²) in [5.41, 5.74) is 1.27. The van der Waals surface area contributed by atoms with Crippen molar-refractivity contribution >= 4 is 40.3 Å². The predicted molar refractivity (Wildman–Crippen MR) is 121 cm³/mol. The maximum Gasteiger partial charge on any atom is 0.288 e. The van der Waals surface area contributed by atoms with Crippen LogP contribution in [-0.2, 0) is 0 Å². The van der Waals surface area contributed by atoms with Gasteiger partial charge in [-0.2, -0.15) is 0 Å². The third-order valence-electron chi connectivity index (χ3n) is 4.47.